The Morgan fingerprint density at radius 3 is 1.70 bits per heavy atom. The molecule has 8 atom stereocenters. The highest BCUT2D eigenvalue weighted by atomic mass is 16.6. The number of fused-ring (bicyclic) bond motifs is 1. The number of hydrogen-bond donors (Lipinski definition) is 13. The van der Waals surface area contributed by atoms with E-state index in [0.717, 1.165) is 24.3 Å². The van der Waals surface area contributed by atoms with Crippen molar-refractivity contribution in [3.8, 4) is 40.1 Å². The molecule has 46 heavy (non-hydrogen) atoms. The van der Waals surface area contributed by atoms with Crippen LogP contribution < -0.4 is 14.9 Å². The van der Waals surface area contributed by atoms with Crippen LogP contribution in [0.3, 0.4) is 0 Å². The lowest BCUT2D eigenvalue weighted by atomic mass is 10.0. The van der Waals surface area contributed by atoms with E-state index in [4.69, 9.17) is 24.1 Å². The van der Waals surface area contributed by atoms with Crippen molar-refractivity contribution in [3.63, 3.8) is 0 Å². The lowest BCUT2D eigenvalue weighted by Crippen LogP contribution is -2.49. The number of aromatic hydroxyl groups is 3. The number of phenolic OH excluding ortho intramolecular Hbond substituents is 3. The predicted octanol–water partition coefficient (Wildman–Crippen LogP) is -4.74. The van der Waals surface area contributed by atoms with Gasteiger partial charge in [-0.25, -0.2) is 9.59 Å². The molecule has 0 amide bonds. The Bertz CT molecular complexity index is 1620. The van der Waals surface area contributed by atoms with E-state index in [0.29, 0.717) is 6.07 Å². The highest BCUT2D eigenvalue weighted by Gasteiger charge is 2.38. The smallest absolute Gasteiger partial charge is 0.343 e. The second kappa shape index (κ2) is 14.8. The van der Waals surface area contributed by atoms with Gasteiger partial charge in [-0.05, 0) is 18.2 Å². The molecule has 0 bridgehead atoms. The highest BCUT2D eigenvalue weighted by molar-refractivity contribution is 5.91. The molecule has 0 saturated carbocycles. The Kier molecular flexibility index (Phi) is 11.6. The first kappa shape index (κ1) is 36.1. The molecule has 0 fully saturated rings. The summed E-state index contributed by atoms with van der Waals surface area (Å²) in [5, 5.41) is 126. The van der Waals surface area contributed by atoms with Crippen LogP contribution >= 0.6 is 0 Å². The van der Waals surface area contributed by atoms with Crippen molar-refractivity contribution in [3.05, 3.63) is 40.6 Å². The minimum atomic E-state index is -2.64. The zero-order valence-corrected chi connectivity index (χ0v) is 23.2. The van der Waals surface area contributed by atoms with Gasteiger partial charge in [-0.15, -0.1) is 0 Å². The Hall–Kier alpha value is -4.41. The number of rotatable bonds is 13. The number of benzene rings is 2. The van der Waals surface area contributed by atoms with Gasteiger partial charge in [0.1, 0.15) is 59.1 Å². The molecule has 3 aromatic rings. The molecule has 0 spiro atoms. The molecular weight excluding hydrogens is 628 g/mol. The summed E-state index contributed by atoms with van der Waals surface area (Å²) < 4.78 is 15.4. The molecule has 19 nitrogen and oxygen atoms in total. The van der Waals surface area contributed by atoms with Crippen molar-refractivity contribution < 1.29 is 89.9 Å². The summed E-state index contributed by atoms with van der Waals surface area (Å²) in [5.41, 5.74) is -2.23. The molecule has 252 valence electrons. The van der Waals surface area contributed by atoms with Crippen LogP contribution in [0.2, 0.25) is 0 Å². The number of phenols is 3. The second-order valence-corrected chi connectivity index (χ2v) is 9.80. The van der Waals surface area contributed by atoms with E-state index in [9.17, 15) is 70.6 Å². The standard InChI is InChI=1S/C27H30O19/c28-6-13(33)17(35)20(38)22(40)26(42)44-9-4-12(32)16-15(5-9)45-24(8-1-2-10(30)11(31)3-8)25(19(16)37)46-27(43)23(41)21(39)18(36)14(34)7-29/h1-5,13-14,17-18,20-23,28-36,38-41H,6-7H2/t13-,14-,17-,18-,20+,21+,22-,23-/m1/s1. The third kappa shape index (κ3) is 7.51. The Morgan fingerprint density at radius 2 is 1.20 bits per heavy atom. The molecule has 0 aliphatic carbocycles. The molecule has 0 radical (unpaired) electrons. The van der Waals surface area contributed by atoms with Gasteiger partial charge in [0.25, 0.3) is 0 Å². The fourth-order valence-electron chi connectivity index (χ4n) is 3.93. The maximum absolute atomic E-state index is 13.5. The maximum Gasteiger partial charge on any atom is 0.343 e. The van der Waals surface area contributed by atoms with Crippen molar-refractivity contribution in [1.29, 1.82) is 0 Å². The largest absolute Gasteiger partial charge is 0.507 e. The van der Waals surface area contributed by atoms with Gasteiger partial charge in [0.05, 0.1) is 13.2 Å². The third-order valence-corrected chi connectivity index (χ3v) is 6.56. The van der Waals surface area contributed by atoms with Crippen LogP contribution in [0.1, 0.15) is 0 Å². The van der Waals surface area contributed by atoms with Crippen molar-refractivity contribution >= 4 is 22.9 Å². The Labute approximate surface area is 255 Å². The first-order chi connectivity index (χ1) is 21.5. The minimum absolute atomic E-state index is 0.278. The molecule has 0 aliphatic heterocycles. The Balaban J connectivity index is 2.09. The first-order valence-corrected chi connectivity index (χ1v) is 13.0. The quantitative estimate of drug-likeness (QED) is 0.0465. The molecular formula is C27H30O19. The molecule has 13 N–H and O–H groups in total. The molecule has 1 heterocycles. The van der Waals surface area contributed by atoms with Gasteiger partial charge in [0.2, 0.25) is 11.2 Å². The van der Waals surface area contributed by atoms with Crippen molar-refractivity contribution in [1.82, 2.24) is 0 Å². The first-order valence-electron chi connectivity index (χ1n) is 13.0. The monoisotopic (exact) mass is 658 g/mol. The third-order valence-electron chi connectivity index (χ3n) is 6.56. The van der Waals surface area contributed by atoms with Gasteiger partial charge < -0.3 is 80.3 Å². The number of carbonyl (C=O) groups excluding carboxylic acids is 2. The highest BCUT2D eigenvalue weighted by Crippen LogP contribution is 2.38. The predicted molar refractivity (Wildman–Crippen MR) is 146 cm³/mol. The van der Waals surface area contributed by atoms with E-state index in [-0.39, 0.29) is 5.56 Å². The summed E-state index contributed by atoms with van der Waals surface area (Å²) in [6.45, 7) is -2.11. The van der Waals surface area contributed by atoms with E-state index in [1.54, 1.807) is 0 Å². The van der Waals surface area contributed by atoms with E-state index in [2.05, 4.69) is 0 Å². The van der Waals surface area contributed by atoms with Crippen molar-refractivity contribution in [2.24, 2.45) is 0 Å². The van der Waals surface area contributed by atoms with E-state index < -0.39 is 125 Å². The number of ether oxygens (including phenoxy) is 2. The fourth-order valence-corrected chi connectivity index (χ4v) is 3.93. The summed E-state index contributed by atoms with van der Waals surface area (Å²) in [6.07, 6.45) is -18.3. The minimum Gasteiger partial charge on any atom is -0.507 e. The van der Waals surface area contributed by atoms with Crippen LogP contribution in [0.4, 0.5) is 0 Å². The second-order valence-electron chi connectivity index (χ2n) is 9.80. The van der Waals surface area contributed by atoms with Gasteiger partial charge in [-0.2, -0.15) is 0 Å². The van der Waals surface area contributed by atoms with E-state index in [1.165, 1.54) is 0 Å². The molecule has 0 saturated heterocycles. The molecule has 1 aromatic heterocycles. The number of aliphatic hydroxyl groups excluding tert-OH is 10. The number of aliphatic hydroxyl groups is 10. The number of esters is 2. The van der Waals surface area contributed by atoms with Crippen LogP contribution in [-0.4, -0.2) is 140 Å². The topological polar surface area (TPSA) is 346 Å². The average molecular weight is 659 g/mol. The molecule has 0 aliphatic rings. The fraction of sp³-hybridized carbons (Fsp3) is 0.370. The van der Waals surface area contributed by atoms with E-state index in [1.807, 2.05) is 0 Å². The van der Waals surface area contributed by atoms with E-state index >= 15 is 0 Å². The van der Waals surface area contributed by atoms with Crippen LogP contribution in [0.5, 0.6) is 28.7 Å². The SMILES string of the molecule is O=C(Oc1cc(O)c2c(=O)c(OC(=O)[C@H](O)[C@@H](O)[C@H](O)[C@H](O)CO)c(-c3ccc(O)c(O)c3)oc2c1)[C@H](O)[C@@H](O)[C@H](O)[C@H](O)CO. The molecule has 0 unspecified atom stereocenters. The summed E-state index contributed by atoms with van der Waals surface area (Å²) in [6, 6.07) is 4.25. The van der Waals surface area contributed by atoms with Gasteiger partial charge >= 0.3 is 11.9 Å². The maximum atomic E-state index is 13.5. The van der Waals surface area contributed by atoms with Crippen LogP contribution in [0, 0.1) is 0 Å². The van der Waals surface area contributed by atoms with Crippen LogP contribution in [0.15, 0.2) is 39.5 Å². The average Bonchev–Trinajstić information content (AvgIpc) is 3.03. The zero-order valence-electron chi connectivity index (χ0n) is 23.2. The van der Waals surface area contributed by atoms with Gasteiger partial charge in [-0.3, -0.25) is 4.79 Å². The normalized spacial score (nSPS) is 16.9. The summed E-state index contributed by atoms with van der Waals surface area (Å²) >= 11 is 0. The zero-order chi connectivity index (χ0) is 34.6. The lowest BCUT2D eigenvalue weighted by molar-refractivity contribution is -0.162. The summed E-state index contributed by atoms with van der Waals surface area (Å²) in [7, 11) is 0. The van der Waals surface area contributed by atoms with Gasteiger partial charge in [-0.1, -0.05) is 0 Å². The number of carbonyl (C=O) groups is 2. The molecule has 19 heteroatoms. The van der Waals surface area contributed by atoms with Gasteiger partial charge in [0.15, 0.2) is 29.5 Å². The van der Waals surface area contributed by atoms with Crippen molar-refractivity contribution in [2.75, 3.05) is 13.2 Å². The lowest BCUT2D eigenvalue weighted by Gasteiger charge is -2.24. The molecule has 2 aromatic carbocycles. The van der Waals surface area contributed by atoms with Crippen LogP contribution in [0.25, 0.3) is 22.3 Å². The Morgan fingerprint density at radius 1 is 0.674 bits per heavy atom. The van der Waals surface area contributed by atoms with Crippen LogP contribution in [-0.2, 0) is 9.59 Å². The summed E-state index contributed by atoms with van der Waals surface area (Å²) in [5.74, 6) is -8.29. The van der Waals surface area contributed by atoms with Gasteiger partial charge in [0, 0.05) is 17.7 Å². The van der Waals surface area contributed by atoms with Crippen molar-refractivity contribution in [2.45, 2.75) is 48.8 Å². The number of hydrogen-bond acceptors (Lipinski definition) is 19. The summed E-state index contributed by atoms with van der Waals surface area (Å²) in [4.78, 5) is 38.5. The molecule has 3 rings (SSSR count).